The van der Waals surface area contributed by atoms with Gasteiger partial charge < -0.3 is 0 Å². The average Bonchev–Trinajstić information content (AvgIpc) is 2.68. The first-order valence-corrected chi connectivity index (χ1v) is 9.71. The Kier molecular flexibility index (Phi) is 5.55. The summed E-state index contributed by atoms with van der Waals surface area (Å²) in [5.74, 6) is -0.404. The molecule has 2 aromatic carbocycles. The maximum atomic E-state index is 12.6. The lowest BCUT2D eigenvalue weighted by Gasteiger charge is -2.10. The monoisotopic (exact) mass is 422 g/mol. The molecule has 0 bridgehead atoms. The quantitative estimate of drug-likeness (QED) is 0.620. The van der Waals surface area contributed by atoms with E-state index in [1.807, 2.05) is 0 Å². The summed E-state index contributed by atoms with van der Waals surface area (Å²) in [6.07, 6.45) is -1.26. The van der Waals surface area contributed by atoms with Crippen molar-refractivity contribution >= 4 is 21.6 Å². The third-order valence-electron chi connectivity index (χ3n) is 3.84. The molecule has 0 unspecified atom stereocenters. The number of halogens is 3. The highest BCUT2D eigenvalue weighted by Crippen LogP contribution is 2.30. The molecule has 0 spiro atoms. The Morgan fingerprint density at radius 3 is 2.00 bits per heavy atom. The van der Waals surface area contributed by atoms with Gasteiger partial charge in [-0.05, 0) is 48.5 Å². The number of sulfonamides is 1. The van der Waals surface area contributed by atoms with E-state index in [-0.39, 0.29) is 10.6 Å². The van der Waals surface area contributed by atoms with Crippen LogP contribution in [-0.4, -0.2) is 14.3 Å². The van der Waals surface area contributed by atoms with Crippen molar-refractivity contribution in [2.24, 2.45) is 0 Å². The average molecular weight is 422 g/mol. The van der Waals surface area contributed by atoms with Gasteiger partial charge in [0.15, 0.2) is 12.4 Å². The second-order valence-electron chi connectivity index (χ2n) is 5.93. The van der Waals surface area contributed by atoms with Crippen LogP contribution in [0, 0.1) is 0 Å². The summed E-state index contributed by atoms with van der Waals surface area (Å²) >= 11 is 0. The Morgan fingerprint density at radius 2 is 1.45 bits per heavy atom. The highest BCUT2D eigenvalue weighted by Gasteiger charge is 2.30. The van der Waals surface area contributed by atoms with E-state index in [0.29, 0.717) is 17.7 Å². The van der Waals surface area contributed by atoms with Gasteiger partial charge in [0.2, 0.25) is 0 Å². The van der Waals surface area contributed by atoms with Gasteiger partial charge >= 0.3 is 12.1 Å². The molecular weight excluding hydrogens is 407 g/mol. The van der Waals surface area contributed by atoms with E-state index in [9.17, 15) is 26.4 Å². The lowest BCUT2D eigenvalue weighted by atomic mass is 10.2. The Balaban J connectivity index is 1.70. The van der Waals surface area contributed by atoms with Crippen molar-refractivity contribution in [1.29, 1.82) is 0 Å². The summed E-state index contributed by atoms with van der Waals surface area (Å²) < 4.78 is 66.2. The molecule has 0 aliphatic heterocycles. The van der Waals surface area contributed by atoms with Crippen molar-refractivity contribution in [1.82, 2.24) is 0 Å². The van der Waals surface area contributed by atoms with E-state index >= 15 is 0 Å². The second-order valence-corrected chi connectivity index (χ2v) is 7.61. The number of benzene rings is 2. The van der Waals surface area contributed by atoms with E-state index in [2.05, 4.69) is 10.1 Å². The number of pyridine rings is 1. The van der Waals surface area contributed by atoms with Crippen LogP contribution >= 0.6 is 0 Å². The first-order valence-electron chi connectivity index (χ1n) is 8.23. The Morgan fingerprint density at radius 1 is 0.862 bits per heavy atom. The number of aromatic nitrogens is 1. The van der Waals surface area contributed by atoms with Crippen molar-refractivity contribution in [3.05, 3.63) is 90.3 Å². The van der Waals surface area contributed by atoms with E-state index < -0.39 is 27.7 Å². The van der Waals surface area contributed by atoms with E-state index in [1.54, 1.807) is 30.6 Å². The van der Waals surface area contributed by atoms with Crippen LogP contribution in [0.5, 0.6) is 0 Å². The van der Waals surface area contributed by atoms with Gasteiger partial charge in [-0.25, -0.2) is 8.42 Å². The first-order chi connectivity index (χ1) is 13.6. The first kappa shape index (κ1) is 20.3. The summed E-state index contributed by atoms with van der Waals surface area (Å²) in [6.45, 7) is 0. The molecule has 1 amide bonds. The van der Waals surface area contributed by atoms with Crippen LogP contribution in [-0.2, 0) is 16.2 Å². The number of anilines is 1. The molecule has 1 heterocycles. The third kappa shape index (κ3) is 5.11. The van der Waals surface area contributed by atoms with Crippen LogP contribution in [0.1, 0.15) is 15.9 Å². The van der Waals surface area contributed by atoms with Gasteiger partial charge in [-0.3, -0.25) is 9.52 Å². The predicted molar refractivity (Wildman–Crippen MR) is 99.0 cm³/mol. The molecule has 10 heteroatoms. The largest absolute Gasteiger partial charge is 0.416 e. The maximum absolute atomic E-state index is 12.6. The summed E-state index contributed by atoms with van der Waals surface area (Å²) in [5.41, 5.74) is 2.13. The third-order valence-corrected chi connectivity index (χ3v) is 5.23. The molecule has 0 atom stereocenters. The fraction of sp³-hybridized carbons (Fsp3) is 0.0526. The number of nitrogens with zero attached hydrogens (tertiary/aromatic N) is 1. The number of hydrogen-bond acceptors (Lipinski definition) is 3. The van der Waals surface area contributed by atoms with Gasteiger partial charge in [0, 0.05) is 23.4 Å². The smallest absolute Gasteiger partial charge is 0.280 e. The van der Waals surface area contributed by atoms with Gasteiger partial charge in [-0.1, -0.05) is 10.7 Å². The summed E-state index contributed by atoms with van der Waals surface area (Å²) in [5, 5.41) is 0. The molecule has 0 fully saturated rings. The fourth-order valence-corrected chi connectivity index (χ4v) is 3.44. The van der Waals surface area contributed by atoms with Gasteiger partial charge in [-0.15, -0.1) is 5.43 Å². The fourth-order valence-electron chi connectivity index (χ4n) is 2.38. The van der Waals surface area contributed by atoms with Crippen LogP contribution in [0.25, 0.3) is 0 Å². The second kappa shape index (κ2) is 7.92. The molecule has 3 aromatic rings. The lowest BCUT2D eigenvalue weighted by molar-refractivity contribution is -0.641. The highest BCUT2D eigenvalue weighted by molar-refractivity contribution is 7.92. The van der Waals surface area contributed by atoms with Gasteiger partial charge in [-0.2, -0.15) is 13.2 Å². The van der Waals surface area contributed by atoms with Crippen molar-refractivity contribution in [2.75, 3.05) is 10.1 Å². The number of carbonyl (C=O) groups is 1. The number of carbonyl (C=O) groups excluding carboxylic acids is 1. The zero-order chi connectivity index (χ0) is 21.1. The van der Waals surface area contributed by atoms with Crippen molar-refractivity contribution in [3.8, 4) is 0 Å². The molecule has 0 saturated carbocycles. The topological polar surface area (TPSA) is 79.2 Å². The predicted octanol–water partition coefficient (Wildman–Crippen LogP) is 3.18. The van der Waals surface area contributed by atoms with Crippen molar-refractivity contribution in [3.63, 3.8) is 0 Å². The minimum absolute atomic E-state index is 0.161. The SMILES string of the molecule is O=C(N[n+]1ccccc1)c1ccc(NS(=O)(=O)c2ccc(C(F)(F)F)cc2)cc1. The molecule has 150 valence electrons. The number of alkyl halides is 3. The van der Waals surface area contributed by atoms with Crippen LogP contribution < -0.4 is 14.8 Å². The van der Waals surface area contributed by atoms with Crippen molar-refractivity contribution in [2.45, 2.75) is 11.1 Å². The molecule has 0 radical (unpaired) electrons. The molecule has 6 nitrogen and oxygen atoms in total. The van der Waals surface area contributed by atoms with E-state index in [0.717, 1.165) is 12.1 Å². The molecule has 3 rings (SSSR count). The molecule has 2 N–H and O–H groups in total. The molecule has 0 aliphatic rings. The number of nitrogens with one attached hydrogen (secondary N) is 2. The Labute approximate surface area is 164 Å². The Hall–Kier alpha value is -3.40. The number of rotatable bonds is 5. The minimum atomic E-state index is -4.55. The van der Waals surface area contributed by atoms with Gasteiger partial charge in [0.1, 0.15) is 0 Å². The number of amides is 1. The molecule has 0 aliphatic carbocycles. The zero-order valence-electron chi connectivity index (χ0n) is 14.7. The summed E-state index contributed by atoms with van der Waals surface area (Å²) in [4.78, 5) is 11.9. The maximum Gasteiger partial charge on any atom is 0.416 e. The normalized spacial score (nSPS) is 11.7. The summed E-state index contributed by atoms with van der Waals surface area (Å²) in [7, 11) is -4.08. The molecule has 0 saturated heterocycles. The molecular formula is C19H15F3N3O3S+. The van der Waals surface area contributed by atoms with E-state index in [1.165, 1.54) is 28.9 Å². The lowest BCUT2D eigenvalue weighted by Crippen LogP contribution is -2.47. The van der Waals surface area contributed by atoms with Gasteiger partial charge in [0.05, 0.1) is 10.5 Å². The van der Waals surface area contributed by atoms with E-state index in [4.69, 9.17) is 0 Å². The highest BCUT2D eigenvalue weighted by atomic mass is 32.2. The summed E-state index contributed by atoms with van der Waals surface area (Å²) in [6, 6.07) is 14.0. The van der Waals surface area contributed by atoms with Crippen LogP contribution in [0.15, 0.2) is 84.0 Å². The Bertz CT molecular complexity index is 1100. The van der Waals surface area contributed by atoms with Crippen LogP contribution in [0.2, 0.25) is 0 Å². The van der Waals surface area contributed by atoms with Crippen LogP contribution in [0.3, 0.4) is 0 Å². The standard InChI is InChI=1S/C19H14F3N3O3S/c20-19(21,22)15-6-10-17(11-7-15)29(27,28)24-16-8-4-14(5-9-16)18(26)23-25-12-2-1-3-13-25/h1-13H,(H-,23,24,26)/p+1. The number of hydrogen-bond donors (Lipinski definition) is 2. The molecule has 29 heavy (non-hydrogen) atoms. The van der Waals surface area contributed by atoms with Crippen molar-refractivity contribution < 1.29 is 31.1 Å². The van der Waals surface area contributed by atoms with Gasteiger partial charge in [0.25, 0.3) is 10.0 Å². The van der Waals surface area contributed by atoms with Crippen LogP contribution in [0.4, 0.5) is 18.9 Å². The zero-order valence-corrected chi connectivity index (χ0v) is 15.5. The minimum Gasteiger partial charge on any atom is -0.280 e. The molecule has 1 aromatic heterocycles.